The second-order valence-electron chi connectivity index (χ2n) is 3.91. The molecule has 0 aromatic heterocycles. The second-order valence-corrected chi connectivity index (χ2v) is 4.34. The molecule has 84 valence electrons. The van der Waals surface area contributed by atoms with E-state index in [0.717, 1.165) is 0 Å². The van der Waals surface area contributed by atoms with Crippen molar-refractivity contribution in [3.63, 3.8) is 0 Å². The lowest BCUT2D eigenvalue weighted by Crippen LogP contribution is -2.36. The van der Waals surface area contributed by atoms with Crippen molar-refractivity contribution in [1.82, 2.24) is 0 Å². The third-order valence-electron chi connectivity index (χ3n) is 2.76. The molecule has 1 aromatic carbocycles. The normalized spacial score (nSPS) is 16.6. The van der Waals surface area contributed by atoms with Gasteiger partial charge in [0.25, 0.3) is 0 Å². The summed E-state index contributed by atoms with van der Waals surface area (Å²) in [7, 11) is 0. The Labute approximate surface area is 97.8 Å². The molecule has 1 aliphatic rings. The number of benzene rings is 1. The van der Waals surface area contributed by atoms with Crippen LogP contribution in [0.1, 0.15) is 12.8 Å². The Morgan fingerprint density at radius 2 is 1.81 bits per heavy atom. The predicted octanol–water partition coefficient (Wildman–Crippen LogP) is 1.54. The van der Waals surface area contributed by atoms with Gasteiger partial charge in [-0.05, 0) is 37.1 Å². The molecule has 3 N–H and O–H groups in total. The van der Waals surface area contributed by atoms with Crippen LogP contribution in [0.15, 0.2) is 24.3 Å². The smallest absolute Gasteiger partial charge is 0.240 e. The Balaban J connectivity index is 2.08. The van der Waals surface area contributed by atoms with Gasteiger partial charge in [-0.15, -0.1) is 0 Å². The SMILES string of the molecule is NC(=O)C1(C(=O)Nc2ccc(Cl)cc2)CC1. The Bertz CT molecular complexity index is 438. The van der Waals surface area contributed by atoms with E-state index in [-0.39, 0.29) is 5.91 Å². The molecular weight excluding hydrogens is 228 g/mol. The molecule has 1 aromatic rings. The third-order valence-corrected chi connectivity index (χ3v) is 3.01. The van der Waals surface area contributed by atoms with Crippen molar-refractivity contribution in [2.45, 2.75) is 12.8 Å². The summed E-state index contributed by atoms with van der Waals surface area (Å²) in [6.45, 7) is 0. The van der Waals surface area contributed by atoms with Gasteiger partial charge in [-0.1, -0.05) is 11.6 Å². The first-order valence-electron chi connectivity index (χ1n) is 4.91. The monoisotopic (exact) mass is 238 g/mol. The number of nitrogens with one attached hydrogen (secondary N) is 1. The maximum Gasteiger partial charge on any atom is 0.240 e. The van der Waals surface area contributed by atoms with Gasteiger partial charge < -0.3 is 11.1 Å². The molecule has 1 saturated carbocycles. The zero-order valence-corrected chi connectivity index (χ0v) is 9.25. The van der Waals surface area contributed by atoms with Crippen LogP contribution >= 0.6 is 11.6 Å². The summed E-state index contributed by atoms with van der Waals surface area (Å²) in [6, 6.07) is 6.69. The summed E-state index contributed by atoms with van der Waals surface area (Å²) < 4.78 is 0. The third kappa shape index (κ3) is 1.88. The molecule has 0 radical (unpaired) electrons. The molecule has 1 fully saturated rings. The first kappa shape index (κ1) is 11.0. The van der Waals surface area contributed by atoms with Crippen LogP contribution in [0.3, 0.4) is 0 Å². The summed E-state index contributed by atoms with van der Waals surface area (Å²) in [5, 5.41) is 3.25. The maximum atomic E-state index is 11.8. The average Bonchev–Trinajstić information content (AvgIpc) is 3.02. The number of primary amides is 1. The van der Waals surface area contributed by atoms with Crippen LogP contribution < -0.4 is 11.1 Å². The van der Waals surface area contributed by atoms with Gasteiger partial charge in [0.2, 0.25) is 11.8 Å². The molecule has 0 aliphatic heterocycles. The Hall–Kier alpha value is -1.55. The number of nitrogens with two attached hydrogens (primary N) is 1. The molecule has 4 nitrogen and oxygen atoms in total. The van der Waals surface area contributed by atoms with Gasteiger partial charge >= 0.3 is 0 Å². The maximum absolute atomic E-state index is 11.8. The van der Waals surface area contributed by atoms with Crippen LogP contribution in [-0.2, 0) is 9.59 Å². The highest BCUT2D eigenvalue weighted by Gasteiger charge is 2.55. The van der Waals surface area contributed by atoms with Crippen molar-refractivity contribution in [1.29, 1.82) is 0 Å². The second kappa shape index (κ2) is 3.79. The lowest BCUT2D eigenvalue weighted by atomic mass is 10.1. The zero-order chi connectivity index (χ0) is 11.8. The molecule has 0 heterocycles. The van der Waals surface area contributed by atoms with E-state index >= 15 is 0 Å². The fraction of sp³-hybridized carbons (Fsp3) is 0.273. The first-order chi connectivity index (χ1) is 7.54. The molecule has 0 saturated heterocycles. The summed E-state index contributed by atoms with van der Waals surface area (Å²) in [5.74, 6) is -0.888. The van der Waals surface area contributed by atoms with Crippen molar-refractivity contribution in [2.24, 2.45) is 11.1 Å². The van der Waals surface area contributed by atoms with Gasteiger partial charge in [-0.25, -0.2) is 0 Å². The standard InChI is InChI=1S/C11H11ClN2O2/c12-7-1-3-8(4-2-7)14-10(16)11(5-6-11)9(13)15/h1-4H,5-6H2,(H2,13,15)(H,14,16). The Kier molecular flexibility index (Phi) is 2.59. The van der Waals surface area contributed by atoms with E-state index in [1.54, 1.807) is 24.3 Å². The summed E-state index contributed by atoms with van der Waals surface area (Å²) >= 11 is 5.71. The lowest BCUT2D eigenvalue weighted by Gasteiger charge is -2.11. The Morgan fingerprint density at radius 1 is 1.25 bits per heavy atom. The highest BCUT2D eigenvalue weighted by Crippen LogP contribution is 2.46. The van der Waals surface area contributed by atoms with Crippen molar-refractivity contribution in [3.05, 3.63) is 29.3 Å². The number of hydrogen-bond acceptors (Lipinski definition) is 2. The quantitative estimate of drug-likeness (QED) is 0.784. The molecule has 0 unspecified atom stereocenters. The van der Waals surface area contributed by atoms with Crippen molar-refractivity contribution in [2.75, 3.05) is 5.32 Å². The summed E-state index contributed by atoms with van der Waals surface area (Å²) in [5.41, 5.74) is 4.82. The van der Waals surface area contributed by atoms with E-state index in [1.165, 1.54) is 0 Å². The Morgan fingerprint density at radius 3 is 2.25 bits per heavy atom. The fourth-order valence-corrected chi connectivity index (χ4v) is 1.62. The number of carbonyl (C=O) groups excluding carboxylic acids is 2. The van der Waals surface area contributed by atoms with Gasteiger partial charge in [-0.2, -0.15) is 0 Å². The number of anilines is 1. The van der Waals surface area contributed by atoms with E-state index in [0.29, 0.717) is 23.6 Å². The van der Waals surface area contributed by atoms with Gasteiger partial charge in [-0.3, -0.25) is 9.59 Å². The zero-order valence-electron chi connectivity index (χ0n) is 8.50. The van der Waals surface area contributed by atoms with Crippen LogP contribution in [-0.4, -0.2) is 11.8 Å². The van der Waals surface area contributed by atoms with Gasteiger partial charge in [0.15, 0.2) is 0 Å². The van der Waals surface area contributed by atoms with Gasteiger partial charge in [0, 0.05) is 10.7 Å². The predicted molar refractivity (Wildman–Crippen MR) is 60.9 cm³/mol. The van der Waals surface area contributed by atoms with Crippen LogP contribution in [0.2, 0.25) is 5.02 Å². The van der Waals surface area contributed by atoms with Gasteiger partial charge in [0.1, 0.15) is 5.41 Å². The summed E-state index contributed by atoms with van der Waals surface area (Å²) in [4.78, 5) is 22.9. The van der Waals surface area contributed by atoms with Crippen LogP contribution in [0.4, 0.5) is 5.69 Å². The van der Waals surface area contributed by atoms with E-state index in [1.807, 2.05) is 0 Å². The van der Waals surface area contributed by atoms with E-state index in [4.69, 9.17) is 17.3 Å². The minimum absolute atomic E-state index is 0.331. The molecular formula is C11H11ClN2O2. The number of hydrogen-bond donors (Lipinski definition) is 2. The number of halogens is 1. The molecule has 0 bridgehead atoms. The van der Waals surface area contributed by atoms with Crippen molar-refractivity contribution in [3.8, 4) is 0 Å². The summed E-state index contributed by atoms with van der Waals surface area (Å²) in [6.07, 6.45) is 1.06. The van der Waals surface area contributed by atoms with Gasteiger partial charge in [0.05, 0.1) is 0 Å². The molecule has 0 atom stereocenters. The molecule has 1 aliphatic carbocycles. The molecule has 2 amide bonds. The number of amides is 2. The van der Waals surface area contributed by atoms with Crippen LogP contribution in [0.5, 0.6) is 0 Å². The van der Waals surface area contributed by atoms with E-state index in [2.05, 4.69) is 5.32 Å². The highest BCUT2D eigenvalue weighted by atomic mass is 35.5. The van der Waals surface area contributed by atoms with Crippen LogP contribution in [0, 0.1) is 5.41 Å². The van der Waals surface area contributed by atoms with E-state index < -0.39 is 11.3 Å². The van der Waals surface area contributed by atoms with Crippen molar-refractivity contribution >= 4 is 29.1 Å². The average molecular weight is 239 g/mol. The van der Waals surface area contributed by atoms with Crippen LogP contribution in [0.25, 0.3) is 0 Å². The van der Waals surface area contributed by atoms with E-state index in [9.17, 15) is 9.59 Å². The molecule has 0 spiro atoms. The topological polar surface area (TPSA) is 72.2 Å². The fourth-order valence-electron chi connectivity index (χ4n) is 1.49. The first-order valence-corrected chi connectivity index (χ1v) is 5.29. The molecule has 5 heteroatoms. The molecule has 2 rings (SSSR count). The lowest BCUT2D eigenvalue weighted by molar-refractivity contribution is -0.132. The number of rotatable bonds is 3. The molecule has 16 heavy (non-hydrogen) atoms. The minimum Gasteiger partial charge on any atom is -0.369 e. The minimum atomic E-state index is -0.986. The largest absolute Gasteiger partial charge is 0.369 e. The number of carbonyl (C=O) groups is 2. The highest BCUT2D eigenvalue weighted by molar-refractivity contribution is 6.30. The van der Waals surface area contributed by atoms with Crippen molar-refractivity contribution < 1.29 is 9.59 Å².